The van der Waals surface area contributed by atoms with Crippen molar-refractivity contribution >= 4 is 5.91 Å². The molecule has 116 valence electrons. The molecule has 2 fully saturated rings. The van der Waals surface area contributed by atoms with E-state index in [0.29, 0.717) is 17.9 Å². The molecule has 1 saturated carbocycles. The fourth-order valence-corrected chi connectivity index (χ4v) is 3.99. The molecule has 20 heavy (non-hydrogen) atoms. The van der Waals surface area contributed by atoms with Crippen molar-refractivity contribution in [2.24, 2.45) is 11.8 Å². The highest BCUT2D eigenvalue weighted by Gasteiger charge is 2.29. The Kier molecular flexibility index (Phi) is 6.34. The maximum Gasteiger partial charge on any atom is 0.222 e. The smallest absolute Gasteiger partial charge is 0.222 e. The lowest BCUT2D eigenvalue weighted by Crippen LogP contribution is -2.50. The Balaban J connectivity index is 1.75. The Morgan fingerprint density at radius 3 is 2.60 bits per heavy atom. The normalized spacial score (nSPS) is 28.0. The van der Waals surface area contributed by atoms with Gasteiger partial charge in [-0.3, -0.25) is 4.79 Å². The summed E-state index contributed by atoms with van der Waals surface area (Å²) in [5.41, 5.74) is 0. The summed E-state index contributed by atoms with van der Waals surface area (Å²) in [6.07, 6.45) is 9.68. The first-order valence-electron chi connectivity index (χ1n) is 8.75. The number of hydrogen-bond donors (Lipinski definition) is 1. The second kappa shape index (κ2) is 8.02. The Labute approximate surface area is 124 Å². The molecule has 0 bridgehead atoms. The number of carbonyl (C=O) groups excluding carboxylic acids is 1. The first kappa shape index (κ1) is 15.8. The number of nitrogens with one attached hydrogen (secondary N) is 1. The van der Waals surface area contributed by atoms with Gasteiger partial charge in [0.05, 0.1) is 0 Å². The number of rotatable bonds is 6. The zero-order valence-electron chi connectivity index (χ0n) is 13.4. The van der Waals surface area contributed by atoms with Gasteiger partial charge in [0.2, 0.25) is 5.91 Å². The average Bonchev–Trinajstić information content (AvgIpc) is 2.98. The molecule has 0 radical (unpaired) electrons. The van der Waals surface area contributed by atoms with Crippen LogP contribution in [-0.2, 0) is 4.79 Å². The maximum absolute atomic E-state index is 12.4. The highest BCUT2D eigenvalue weighted by atomic mass is 16.2. The third-order valence-electron chi connectivity index (χ3n) is 5.32. The van der Waals surface area contributed by atoms with Crippen LogP contribution in [0, 0.1) is 11.8 Å². The second-order valence-corrected chi connectivity index (χ2v) is 6.65. The number of piperidine rings is 1. The van der Waals surface area contributed by atoms with Crippen LogP contribution in [-0.4, -0.2) is 36.5 Å². The largest absolute Gasteiger partial charge is 0.342 e. The van der Waals surface area contributed by atoms with Crippen molar-refractivity contribution in [3.05, 3.63) is 0 Å². The molecule has 0 spiro atoms. The minimum absolute atomic E-state index is 0.408. The van der Waals surface area contributed by atoms with Gasteiger partial charge in [-0.15, -0.1) is 0 Å². The fourth-order valence-electron chi connectivity index (χ4n) is 3.99. The molecule has 3 heteroatoms. The molecule has 3 nitrogen and oxygen atoms in total. The van der Waals surface area contributed by atoms with Crippen LogP contribution in [0.1, 0.15) is 65.2 Å². The van der Waals surface area contributed by atoms with Gasteiger partial charge >= 0.3 is 0 Å². The molecule has 1 N–H and O–H groups in total. The molecule has 1 aliphatic carbocycles. The average molecular weight is 280 g/mol. The van der Waals surface area contributed by atoms with E-state index in [0.717, 1.165) is 44.8 Å². The van der Waals surface area contributed by atoms with E-state index in [2.05, 4.69) is 24.1 Å². The van der Waals surface area contributed by atoms with Crippen LogP contribution in [0.2, 0.25) is 0 Å². The predicted molar refractivity (Wildman–Crippen MR) is 83.6 cm³/mol. The molecule has 0 aromatic rings. The van der Waals surface area contributed by atoms with Crippen LogP contribution in [0.3, 0.4) is 0 Å². The number of carbonyl (C=O) groups is 1. The standard InChI is InChI=1S/C17H32N2O/c1-3-15-13-19(12-11-16(15)18-4-2)17(20)10-9-14-7-5-6-8-14/h14-16,18H,3-13H2,1-2H3. The SMILES string of the molecule is CCNC1CCN(C(=O)CCC2CCCC2)CC1CC. The number of nitrogens with zero attached hydrogens (tertiary/aromatic N) is 1. The van der Waals surface area contributed by atoms with E-state index in [4.69, 9.17) is 0 Å². The van der Waals surface area contributed by atoms with Gasteiger partial charge in [-0.1, -0.05) is 46.0 Å². The zero-order valence-corrected chi connectivity index (χ0v) is 13.4. The lowest BCUT2D eigenvalue weighted by molar-refractivity contribution is -0.133. The van der Waals surface area contributed by atoms with Gasteiger partial charge in [-0.25, -0.2) is 0 Å². The van der Waals surface area contributed by atoms with Gasteiger partial charge in [-0.2, -0.15) is 0 Å². The van der Waals surface area contributed by atoms with Crippen LogP contribution in [0.5, 0.6) is 0 Å². The van der Waals surface area contributed by atoms with Crippen molar-refractivity contribution in [1.82, 2.24) is 10.2 Å². The van der Waals surface area contributed by atoms with Crippen molar-refractivity contribution in [2.75, 3.05) is 19.6 Å². The zero-order chi connectivity index (χ0) is 14.4. The first-order valence-corrected chi connectivity index (χ1v) is 8.75. The predicted octanol–water partition coefficient (Wildman–Crippen LogP) is 3.19. The first-order chi connectivity index (χ1) is 9.74. The molecule has 0 aromatic heterocycles. The molecule has 0 aromatic carbocycles. The van der Waals surface area contributed by atoms with Gasteiger partial charge in [0.15, 0.2) is 0 Å². The molecule has 2 aliphatic rings. The quantitative estimate of drug-likeness (QED) is 0.810. The maximum atomic E-state index is 12.4. The van der Waals surface area contributed by atoms with Crippen LogP contribution in [0.4, 0.5) is 0 Å². The van der Waals surface area contributed by atoms with Crippen LogP contribution in [0.15, 0.2) is 0 Å². The van der Waals surface area contributed by atoms with E-state index < -0.39 is 0 Å². The van der Waals surface area contributed by atoms with Gasteiger partial charge in [0, 0.05) is 25.6 Å². The van der Waals surface area contributed by atoms with Crippen molar-refractivity contribution in [3.8, 4) is 0 Å². The summed E-state index contributed by atoms with van der Waals surface area (Å²) in [5.74, 6) is 1.88. The molecular weight excluding hydrogens is 248 g/mol. The van der Waals surface area contributed by atoms with Crippen molar-refractivity contribution in [2.45, 2.75) is 71.3 Å². The van der Waals surface area contributed by atoms with E-state index in [-0.39, 0.29) is 0 Å². The van der Waals surface area contributed by atoms with E-state index in [1.807, 2.05) is 0 Å². The van der Waals surface area contributed by atoms with E-state index in [1.165, 1.54) is 32.1 Å². The Bertz CT molecular complexity index is 299. The molecule has 2 atom stereocenters. The molecule has 2 unspecified atom stereocenters. The Hall–Kier alpha value is -0.570. The lowest BCUT2D eigenvalue weighted by atomic mass is 9.89. The monoisotopic (exact) mass is 280 g/mol. The molecular formula is C17H32N2O. The Morgan fingerprint density at radius 1 is 1.20 bits per heavy atom. The van der Waals surface area contributed by atoms with Crippen LogP contribution >= 0.6 is 0 Å². The topological polar surface area (TPSA) is 32.3 Å². The number of likely N-dealkylation sites (tertiary alicyclic amines) is 1. The van der Waals surface area contributed by atoms with Crippen molar-refractivity contribution in [3.63, 3.8) is 0 Å². The highest BCUT2D eigenvalue weighted by molar-refractivity contribution is 5.76. The van der Waals surface area contributed by atoms with Crippen molar-refractivity contribution < 1.29 is 4.79 Å². The summed E-state index contributed by atoms with van der Waals surface area (Å²) in [6, 6.07) is 0.615. The number of amides is 1. The fraction of sp³-hybridized carbons (Fsp3) is 0.941. The van der Waals surface area contributed by atoms with E-state index in [1.54, 1.807) is 0 Å². The molecule has 1 aliphatic heterocycles. The third-order valence-corrected chi connectivity index (χ3v) is 5.32. The minimum atomic E-state index is 0.408. The summed E-state index contributed by atoms with van der Waals surface area (Å²) in [6.45, 7) is 7.39. The third kappa shape index (κ3) is 4.21. The lowest BCUT2D eigenvalue weighted by Gasteiger charge is -2.39. The van der Waals surface area contributed by atoms with Crippen molar-refractivity contribution in [1.29, 1.82) is 0 Å². The molecule has 1 heterocycles. The van der Waals surface area contributed by atoms with Crippen LogP contribution in [0.25, 0.3) is 0 Å². The van der Waals surface area contributed by atoms with E-state index in [9.17, 15) is 4.79 Å². The van der Waals surface area contributed by atoms with Gasteiger partial charge in [-0.05, 0) is 31.2 Å². The summed E-state index contributed by atoms with van der Waals surface area (Å²) in [4.78, 5) is 14.5. The summed E-state index contributed by atoms with van der Waals surface area (Å²) < 4.78 is 0. The Morgan fingerprint density at radius 2 is 1.95 bits per heavy atom. The molecule has 1 saturated heterocycles. The van der Waals surface area contributed by atoms with E-state index >= 15 is 0 Å². The molecule has 2 rings (SSSR count). The van der Waals surface area contributed by atoms with Gasteiger partial charge in [0.1, 0.15) is 0 Å². The van der Waals surface area contributed by atoms with Gasteiger partial charge in [0.25, 0.3) is 0 Å². The highest BCUT2D eigenvalue weighted by Crippen LogP contribution is 2.29. The summed E-state index contributed by atoms with van der Waals surface area (Å²) in [7, 11) is 0. The summed E-state index contributed by atoms with van der Waals surface area (Å²) in [5, 5.41) is 3.58. The summed E-state index contributed by atoms with van der Waals surface area (Å²) >= 11 is 0. The molecule has 1 amide bonds. The minimum Gasteiger partial charge on any atom is -0.342 e. The number of hydrogen-bond acceptors (Lipinski definition) is 2. The van der Waals surface area contributed by atoms with Gasteiger partial charge < -0.3 is 10.2 Å². The second-order valence-electron chi connectivity index (χ2n) is 6.65. The van der Waals surface area contributed by atoms with Crippen LogP contribution < -0.4 is 5.32 Å².